The number of hydrogen-bond donors (Lipinski definition) is 0. The Morgan fingerprint density at radius 2 is 2.00 bits per heavy atom. The minimum atomic E-state index is 0.560. The molecule has 0 atom stereocenters. The highest BCUT2D eigenvalue weighted by Gasteiger charge is 1.94. The molecule has 2 rings (SSSR count). The van der Waals surface area contributed by atoms with Gasteiger partial charge in [0.05, 0.1) is 6.33 Å². The molecule has 0 unspecified atom stereocenters. The summed E-state index contributed by atoms with van der Waals surface area (Å²) >= 11 is 5.69. The Morgan fingerprint density at radius 3 is 2.54 bits per heavy atom. The summed E-state index contributed by atoms with van der Waals surface area (Å²) in [5.74, 6) is 0.560. The molecule has 3 heteroatoms. The zero-order valence-corrected chi connectivity index (χ0v) is 7.78. The van der Waals surface area contributed by atoms with Gasteiger partial charge in [-0.05, 0) is 17.7 Å². The summed E-state index contributed by atoms with van der Waals surface area (Å²) in [7, 11) is 0. The number of alkyl halides is 1. The van der Waals surface area contributed by atoms with Crippen LogP contribution in [0.25, 0.3) is 5.69 Å². The van der Waals surface area contributed by atoms with E-state index in [4.69, 9.17) is 11.6 Å². The van der Waals surface area contributed by atoms with Crippen molar-refractivity contribution in [2.45, 2.75) is 5.88 Å². The molecule has 0 aliphatic rings. The molecular weight excluding hydrogens is 184 g/mol. The molecule has 66 valence electrons. The summed E-state index contributed by atoms with van der Waals surface area (Å²) in [4.78, 5) is 3.98. The maximum Gasteiger partial charge on any atom is 0.0991 e. The molecule has 0 N–H and O–H groups in total. The van der Waals surface area contributed by atoms with Crippen LogP contribution in [0.2, 0.25) is 0 Å². The summed E-state index contributed by atoms with van der Waals surface area (Å²) in [6.07, 6.45) is 5.45. The Morgan fingerprint density at radius 1 is 1.23 bits per heavy atom. The highest BCUT2D eigenvalue weighted by atomic mass is 35.5. The lowest BCUT2D eigenvalue weighted by atomic mass is 10.2. The van der Waals surface area contributed by atoms with Crippen LogP contribution < -0.4 is 0 Å². The summed E-state index contributed by atoms with van der Waals surface area (Å²) in [5, 5.41) is 0. The molecule has 2 nitrogen and oxygen atoms in total. The standard InChI is InChI=1S/C10H9ClN2/c11-7-9-1-3-10(4-2-9)13-6-5-12-8-13/h1-6,8H,7H2. The molecule has 1 aromatic heterocycles. The number of nitrogens with zero attached hydrogens (tertiary/aromatic N) is 2. The molecular formula is C10H9ClN2. The smallest absolute Gasteiger partial charge is 0.0991 e. The van der Waals surface area contributed by atoms with E-state index in [9.17, 15) is 0 Å². The van der Waals surface area contributed by atoms with E-state index in [1.165, 1.54) is 0 Å². The van der Waals surface area contributed by atoms with Crippen molar-refractivity contribution in [1.82, 2.24) is 9.55 Å². The lowest BCUT2D eigenvalue weighted by Crippen LogP contribution is -1.89. The molecule has 0 spiro atoms. The molecule has 0 aliphatic heterocycles. The van der Waals surface area contributed by atoms with Gasteiger partial charge in [-0.1, -0.05) is 12.1 Å². The second-order valence-corrected chi connectivity index (χ2v) is 3.04. The molecule has 0 radical (unpaired) electrons. The number of rotatable bonds is 2. The monoisotopic (exact) mass is 192 g/mol. The first-order valence-corrected chi connectivity index (χ1v) is 4.57. The van der Waals surface area contributed by atoms with Gasteiger partial charge in [0.2, 0.25) is 0 Å². The Balaban J connectivity index is 2.33. The Labute approximate surface area is 81.8 Å². The van der Waals surface area contributed by atoms with Crippen molar-refractivity contribution in [2.75, 3.05) is 0 Å². The van der Waals surface area contributed by atoms with E-state index in [0.29, 0.717) is 5.88 Å². The molecule has 0 amide bonds. The number of aromatic nitrogens is 2. The molecule has 0 fully saturated rings. The van der Waals surface area contributed by atoms with Crippen molar-refractivity contribution in [3.63, 3.8) is 0 Å². The summed E-state index contributed by atoms with van der Waals surface area (Å²) < 4.78 is 1.96. The minimum Gasteiger partial charge on any atom is -0.306 e. The van der Waals surface area contributed by atoms with Crippen LogP contribution in [0.1, 0.15) is 5.56 Å². The van der Waals surface area contributed by atoms with Crippen LogP contribution in [0, 0.1) is 0 Å². The summed E-state index contributed by atoms with van der Waals surface area (Å²) in [5.41, 5.74) is 2.23. The first-order chi connectivity index (χ1) is 6.40. The van der Waals surface area contributed by atoms with Gasteiger partial charge in [0, 0.05) is 24.0 Å². The fraction of sp³-hybridized carbons (Fsp3) is 0.100. The van der Waals surface area contributed by atoms with Gasteiger partial charge in [-0.3, -0.25) is 0 Å². The third-order valence-corrected chi connectivity index (χ3v) is 2.20. The maximum atomic E-state index is 5.69. The van der Waals surface area contributed by atoms with E-state index in [1.807, 2.05) is 35.0 Å². The first kappa shape index (κ1) is 8.32. The van der Waals surface area contributed by atoms with E-state index in [2.05, 4.69) is 4.98 Å². The fourth-order valence-corrected chi connectivity index (χ4v) is 1.35. The van der Waals surface area contributed by atoms with Crippen molar-refractivity contribution in [3.8, 4) is 5.69 Å². The van der Waals surface area contributed by atoms with Crippen molar-refractivity contribution in [2.24, 2.45) is 0 Å². The van der Waals surface area contributed by atoms with Crippen LogP contribution in [0.3, 0.4) is 0 Å². The summed E-state index contributed by atoms with van der Waals surface area (Å²) in [6, 6.07) is 8.09. The minimum absolute atomic E-state index is 0.560. The maximum absolute atomic E-state index is 5.69. The van der Waals surface area contributed by atoms with E-state index in [-0.39, 0.29) is 0 Å². The van der Waals surface area contributed by atoms with Gasteiger partial charge < -0.3 is 4.57 Å². The Bertz CT molecular complexity index is 364. The molecule has 13 heavy (non-hydrogen) atoms. The number of benzene rings is 1. The quantitative estimate of drug-likeness (QED) is 0.669. The second-order valence-electron chi connectivity index (χ2n) is 2.77. The van der Waals surface area contributed by atoms with Gasteiger partial charge in [0.1, 0.15) is 0 Å². The number of imidazole rings is 1. The topological polar surface area (TPSA) is 17.8 Å². The normalized spacial score (nSPS) is 10.2. The molecule has 1 aromatic carbocycles. The van der Waals surface area contributed by atoms with Crippen molar-refractivity contribution in [1.29, 1.82) is 0 Å². The number of hydrogen-bond acceptors (Lipinski definition) is 1. The molecule has 0 aliphatic carbocycles. The third-order valence-electron chi connectivity index (χ3n) is 1.89. The van der Waals surface area contributed by atoms with Crippen LogP contribution in [-0.2, 0) is 5.88 Å². The third kappa shape index (κ3) is 1.73. The molecule has 1 heterocycles. The van der Waals surface area contributed by atoms with Gasteiger partial charge in [-0.25, -0.2) is 4.98 Å². The van der Waals surface area contributed by atoms with Crippen LogP contribution >= 0.6 is 11.6 Å². The van der Waals surface area contributed by atoms with Gasteiger partial charge in [-0.15, -0.1) is 11.6 Å². The fourth-order valence-electron chi connectivity index (χ4n) is 1.17. The Kier molecular flexibility index (Phi) is 2.32. The van der Waals surface area contributed by atoms with E-state index < -0.39 is 0 Å². The van der Waals surface area contributed by atoms with Crippen LogP contribution in [0.5, 0.6) is 0 Å². The number of halogens is 1. The highest BCUT2D eigenvalue weighted by Crippen LogP contribution is 2.10. The first-order valence-electron chi connectivity index (χ1n) is 4.03. The van der Waals surface area contributed by atoms with Gasteiger partial charge in [-0.2, -0.15) is 0 Å². The zero-order valence-electron chi connectivity index (χ0n) is 7.02. The lowest BCUT2D eigenvalue weighted by molar-refractivity contribution is 1.05. The van der Waals surface area contributed by atoms with E-state index in [0.717, 1.165) is 11.3 Å². The predicted molar refractivity (Wildman–Crippen MR) is 53.1 cm³/mol. The second kappa shape index (κ2) is 3.62. The van der Waals surface area contributed by atoms with E-state index in [1.54, 1.807) is 12.5 Å². The lowest BCUT2D eigenvalue weighted by Gasteiger charge is -2.01. The van der Waals surface area contributed by atoms with Gasteiger partial charge in [0.15, 0.2) is 0 Å². The van der Waals surface area contributed by atoms with Crippen molar-refractivity contribution < 1.29 is 0 Å². The van der Waals surface area contributed by atoms with Crippen molar-refractivity contribution in [3.05, 3.63) is 48.5 Å². The zero-order chi connectivity index (χ0) is 9.10. The van der Waals surface area contributed by atoms with Crippen LogP contribution in [-0.4, -0.2) is 9.55 Å². The average molecular weight is 193 g/mol. The molecule has 2 aromatic rings. The highest BCUT2D eigenvalue weighted by molar-refractivity contribution is 6.17. The van der Waals surface area contributed by atoms with Gasteiger partial charge in [0.25, 0.3) is 0 Å². The molecule has 0 bridgehead atoms. The van der Waals surface area contributed by atoms with Crippen LogP contribution in [0.4, 0.5) is 0 Å². The molecule has 0 saturated carbocycles. The van der Waals surface area contributed by atoms with E-state index >= 15 is 0 Å². The van der Waals surface area contributed by atoms with Crippen molar-refractivity contribution >= 4 is 11.6 Å². The summed E-state index contributed by atoms with van der Waals surface area (Å²) in [6.45, 7) is 0. The van der Waals surface area contributed by atoms with Gasteiger partial charge >= 0.3 is 0 Å². The predicted octanol–water partition coefficient (Wildman–Crippen LogP) is 2.61. The molecule has 0 saturated heterocycles. The largest absolute Gasteiger partial charge is 0.306 e. The Hall–Kier alpha value is -1.28. The van der Waals surface area contributed by atoms with Crippen LogP contribution in [0.15, 0.2) is 43.0 Å². The average Bonchev–Trinajstić information content (AvgIpc) is 2.71. The SMILES string of the molecule is ClCc1ccc(-n2ccnc2)cc1.